The zero-order chi connectivity index (χ0) is 22.0. The number of benzene rings is 1. The third-order valence-corrected chi connectivity index (χ3v) is 7.32. The summed E-state index contributed by atoms with van der Waals surface area (Å²) >= 11 is 1.49. The molecule has 1 saturated heterocycles. The van der Waals surface area contributed by atoms with Crippen LogP contribution in [-0.2, 0) is 16.4 Å². The number of aromatic nitrogens is 3. The molecule has 1 atom stereocenters. The van der Waals surface area contributed by atoms with E-state index in [9.17, 15) is 13.2 Å². The smallest absolute Gasteiger partial charge is 0.256 e. The number of hydrogen-bond acceptors (Lipinski definition) is 8. The molecule has 1 aliphatic heterocycles. The molecule has 31 heavy (non-hydrogen) atoms. The van der Waals surface area contributed by atoms with E-state index in [2.05, 4.69) is 15.4 Å². The third kappa shape index (κ3) is 4.88. The number of sulfone groups is 1. The Hall–Kier alpha value is -2.92. The summed E-state index contributed by atoms with van der Waals surface area (Å²) in [6.07, 6.45) is 0.477. The van der Waals surface area contributed by atoms with Crippen LogP contribution in [0.3, 0.4) is 0 Å². The van der Waals surface area contributed by atoms with Crippen LogP contribution >= 0.6 is 11.3 Å². The Kier molecular flexibility index (Phi) is 5.96. The molecule has 1 fully saturated rings. The Morgan fingerprint density at radius 2 is 2.16 bits per heavy atom. The molecule has 3 heterocycles. The first-order chi connectivity index (χ1) is 14.8. The first-order valence-electron chi connectivity index (χ1n) is 9.60. The molecule has 1 unspecified atom stereocenters. The second-order valence-corrected chi connectivity index (χ2v) is 10.2. The predicted octanol–water partition coefficient (Wildman–Crippen LogP) is 2.85. The summed E-state index contributed by atoms with van der Waals surface area (Å²) in [7, 11) is -1.57. The fourth-order valence-corrected chi connectivity index (χ4v) is 5.67. The van der Waals surface area contributed by atoms with E-state index in [4.69, 9.17) is 9.47 Å². The lowest BCUT2D eigenvalue weighted by atomic mass is 10.2. The van der Waals surface area contributed by atoms with Crippen molar-refractivity contribution < 1.29 is 22.7 Å². The fourth-order valence-electron chi connectivity index (χ4n) is 3.43. The van der Waals surface area contributed by atoms with Gasteiger partial charge in [-0.2, -0.15) is 5.10 Å². The first-order valence-corrected chi connectivity index (χ1v) is 12.4. The largest absolute Gasteiger partial charge is 0.493 e. The minimum atomic E-state index is -3.08. The Labute approximate surface area is 183 Å². The Morgan fingerprint density at radius 1 is 1.32 bits per heavy atom. The van der Waals surface area contributed by atoms with Gasteiger partial charge in [0.05, 0.1) is 41.6 Å². The van der Waals surface area contributed by atoms with Gasteiger partial charge in [0.2, 0.25) is 0 Å². The van der Waals surface area contributed by atoms with Gasteiger partial charge in [0, 0.05) is 17.0 Å². The molecule has 0 spiro atoms. The van der Waals surface area contributed by atoms with Crippen molar-refractivity contribution in [3.63, 3.8) is 0 Å². The van der Waals surface area contributed by atoms with Crippen molar-refractivity contribution in [1.82, 2.24) is 14.8 Å². The number of carbonyl (C=O) groups excluding carboxylic acids is 1. The van der Waals surface area contributed by atoms with E-state index in [0.29, 0.717) is 41.6 Å². The van der Waals surface area contributed by atoms with E-state index in [1.54, 1.807) is 41.4 Å². The second-order valence-electron chi connectivity index (χ2n) is 7.26. The molecule has 3 aromatic rings. The minimum Gasteiger partial charge on any atom is -0.493 e. The lowest BCUT2D eigenvalue weighted by Crippen LogP contribution is -2.19. The van der Waals surface area contributed by atoms with Crippen LogP contribution in [0.15, 0.2) is 35.2 Å². The SMILES string of the molecule is COc1cc(C(=O)Nc2cc(C)nn2C2CCS(=O)(=O)C2)ccc1OCc1cscn1. The van der Waals surface area contributed by atoms with Crippen LogP contribution in [-0.4, -0.2) is 47.7 Å². The van der Waals surface area contributed by atoms with E-state index in [0.717, 1.165) is 5.69 Å². The minimum absolute atomic E-state index is 0.0236. The van der Waals surface area contributed by atoms with Gasteiger partial charge in [-0.25, -0.2) is 18.1 Å². The topological polar surface area (TPSA) is 112 Å². The molecule has 1 aliphatic rings. The normalized spacial score (nSPS) is 17.4. The number of hydrogen-bond donors (Lipinski definition) is 1. The molecule has 11 heteroatoms. The summed E-state index contributed by atoms with van der Waals surface area (Å²) in [5.74, 6) is 1.19. The van der Waals surface area contributed by atoms with Crippen LogP contribution in [0.25, 0.3) is 0 Å². The Balaban J connectivity index is 1.50. The van der Waals surface area contributed by atoms with Crippen LogP contribution in [0.4, 0.5) is 5.82 Å². The number of methoxy groups -OCH3 is 1. The molecule has 2 aromatic heterocycles. The summed E-state index contributed by atoms with van der Waals surface area (Å²) in [6, 6.07) is 6.35. The van der Waals surface area contributed by atoms with Crippen molar-refractivity contribution in [2.75, 3.05) is 23.9 Å². The summed E-state index contributed by atoms with van der Waals surface area (Å²) in [5.41, 5.74) is 3.62. The average Bonchev–Trinajstić information content (AvgIpc) is 3.46. The zero-order valence-electron chi connectivity index (χ0n) is 17.1. The van der Waals surface area contributed by atoms with Crippen LogP contribution in [0.5, 0.6) is 11.5 Å². The highest BCUT2D eigenvalue weighted by molar-refractivity contribution is 7.91. The van der Waals surface area contributed by atoms with Crippen LogP contribution in [0.2, 0.25) is 0 Å². The molecular formula is C20H22N4O5S2. The lowest BCUT2D eigenvalue weighted by Gasteiger charge is -2.15. The Morgan fingerprint density at radius 3 is 2.84 bits per heavy atom. The summed E-state index contributed by atoms with van der Waals surface area (Å²) in [4.78, 5) is 17.0. The molecule has 164 valence electrons. The number of amides is 1. The highest BCUT2D eigenvalue weighted by atomic mass is 32.2. The third-order valence-electron chi connectivity index (χ3n) is 4.94. The van der Waals surface area contributed by atoms with Crippen molar-refractivity contribution in [3.05, 3.63) is 52.1 Å². The molecule has 4 rings (SSSR count). The van der Waals surface area contributed by atoms with Crippen molar-refractivity contribution in [1.29, 1.82) is 0 Å². The second kappa shape index (κ2) is 8.67. The molecule has 0 aliphatic carbocycles. The van der Waals surface area contributed by atoms with Crippen molar-refractivity contribution in [3.8, 4) is 11.5 Å². The van der Waals surface area contributed by atoms with E-state index >= 15 is 0 Å². The number of thiazole rings is 1. The maximum Gasteiger partial charge on any atom is 0.256 e. The van der Waals surface area contributed by atoms with E-state index < -0.39 is 9.84 Å². The number of nitrogens with zero attached hydrogens (tertiary/aromatic N) is 3. The monoisotopic (exact) mass is 462 g/mol. The van der Waals surface area contributed by atoms with Gasteiger partial charge in [-0.1, -0.05) is 0 Å². The average molecular weight is 463 g/mol. The molecule has 1 amide bonds. The maximum atomic E-state index is 12.9. The van der Waals surface area contributed by atoms with E-state index in [1.807, 2.05) is 5.38 Å². The highest BCUT2D eigenvalue weighted by Gasteiger charge is 2.31. The molecule has 0 radical (unpaired) electrons. The number of anilines is 1. The van der Waals surface area contributed by atoms with Crippen LogP contribution < -0.4 is 14.8 Å². The molecule has 0 bridgehead atoms. The molecule has 0 saturated carbocycles. The number of aryl methyl sites for hydroxylation is 1. The molecule has 1 aromatic carbocycles. The van der Waals surface area contributed by atoms with Crippen LogP contribution in [0, 0.1) is 6.92 Å². The summed E-state index contributed by atoms with van der Waals surface area (Å²) in [6.45, 7) is 2.10. The molecular weight excluding hydrogens is 440 g/mol. The highest BCUT2D eigenvalue weighted by Crippen LogP contribution is 2.30. The van der Waals surface area contributed by atoms with Gasteiger partial charge >= 0.3 is 0 Å². The van der Waals surface area contributed by atoms with E-state index in [1.165, 1.54) is 18.4 Å². The Bertz CT molecular complexity index is 1190. The van der Waals surface area contributed by atoms with Gasteiger partial charge in [0.25, 0.3) is 5.91 Å². The summed E-state index contributed by atoms with van der Waals surface area (Å²) in [5, 5.41) is 9.13. The fraction of sp³-hybridized carbons (Fsp3) is 0.350. The first kappa shape index (κ1) is 21.3. The quantitative estimate of drug-likeness (QED) is 0.574. The summed E-state index contributed by atoms with van der Waals surface area (Å²) < 4.78 is 36.4. The van der Waals surface area contributed by atoms with Gasteiger partial charge in [0.1, 0.15) is 12.4 Å². The van der Waals surface area contributed by atoms with Crippen molar-refractivity contribution >= 4 is 32.9 Å². The van der Waals surface area contributed by atoms with Crippen molar-refractivity contribution in [2.24, 2.45) is 0 Å². The predicted molar refractivity (Wildman–Crippen MR) is 117 cm³/mol. The molecule has 1 N–H and O–H groups in total. The standard InChI is InChI=1S/C20H22N4O5S2/c1-13-7-19(24(23-13)16-5-6-31(26,27)11-16)22-20(25)14-3-4-17(18(8-14)28-2)29-9-15-10-30-12-21-15/h3-4,7-8,10,12,16H,5-6,9,11H2,1-2H3,(H,22,25). The zero-order valence-corrected chi connectivity index (χ0v) is 18.7. The van der Waals surface area contributed by atoms with Gasteiger partial charge in [0.15, 0.2) is 21.3 Å². The van der Waals surface area contributed by atoms with E-state index in [-0.39, 0.29) is 23.5 Å². The van der Waals surface area contributed by atoms with Gasteiger partial charge in [-0.3, -0.25) is 4.79 Å². The van der Waals surface area contributed by atoms with Gasteiger partial charge < -0.3 is 14.8 Å². The molecule has 9 nitrogen and oxygen atoms in total. The van der Waals surface area contributed by atoms with Crippen LogP contribution in [0.1, 0.15) is 34.2 Å². The number of rotatable bonds is 7. The van der Waals surface area contributed by atoms with Gasteiger partial charge in [-0.15, -0.1) is 11.3 Å². The number of ether oxygens (including phenoxy) is 2. The van der Waals surface area contributed by atoms with Crippen molar-refractivity contribution in [2.45, 2.75) is 26.0 Å². The maximum absolute atomic E-state index is 12.9. The number of nitrogens with one attached hydrogen (secondary N) is 1. The number of carbonyl (C=O) groups is 1. The lowest BCUT2D eigenvalue weighted by molar-refractivity contribution is 0.102. The van der Waals surface area contributed by atoms with Gasteiger partial charge in [-0.05, 0) is 31.5 Å².